The first kappa shape index (κ1) is 24.2. The number of H-pyrrole nitrogens is 1. The van der Waals surface area contributed by atoms with Gasteiger partial charge in [0.1, 0.15) is 5.82 Å². The number of piperidine rings is 1. The first-order chi connectivity index (χ1) is 18.7. The van der Waals surface area contributed by atoms with Crippen molar-refractivity contribution in [2.24, 2.45) is 5.92 Å². The van der Waals surface area contributed by atoms with Crippen LogP contribution in [0.4, 0.5) is 23.0 Å². The highest BCUT2D eigenvalue weighted by Crippen LogP contribution is 2.24. The maximum atomic E-state index is 12.7. The summed E-state index contributed by atoms with van der Waals surface area (Å²) < 4.78 is 5.43. The van der Waals surface area contributed by atoms with Crippen LogP contribution in [0.25, 0.3) is 11.0 Å². The summed E-state index contributed by atoms with van der Waals surface area (Å²) in [5.74, 6) is 2.38. The lowest BCUT2D eigenvalue weighted by Crippen LogP contribution is -2.40. The lowest BCUT2D eigenvalue weighted by atomic mass is 9.96. The summed E-state index contributed by atoms with van der Waals surface area (Å²) in [5, 5.41) is 15.2. The molecular weight excluding hydrogens is 480 g/mol. The number of nitrogens with one attached hydrogen (secondary N) is 3. The molecule has 38 heavy (non-hydrogen) atoms. The standard InChI is InChI=1S/C28H32N8O2/c37-28(29-19-26-31-23-3-1-2-4-24(23)32-26)20-11-13-36(14-12-20)27-10-9-25(33-34-27)30-21-5-7-22(8-6-21)35-15-17-38-18-16-35/h1-10,20H,11-19H2,(H,29,37)(H,30,33)(H,31,32). The molecule has 2 saturated heterocycles. The smallest absolute Gasteiger partial charge is 0.223 e. The number of fused-ring (bicyclic) bond motifs is 1. The van der Waals surface area contributed by atoms with E-state index < -0.39 is 0 Å². The molecule has 0 unspecified atom stereocenters. The third kappa shape index (κ3) is 5.55. The quantitative estimate of drug-likeness (QED) is 0.345. The molecule has 10 heteroatoms. The number of anilines is 4. The molecule has 4 aromatic rings. The van der Waals surface area contributed by atoms with Gasteiger partial charge < -0.3 is 30.2 Å². The molecule has 0 atom stereocenters. The minimum Gasteiger partial charge on any atom is -0.378 e. The van der Waals surface area contributed by atoms with Gasteiger partial charge in [0.2, 0.25) is 5.91 Å². The molecule has 2 aromatic heterocycles. The molecule has 196 valence electrons. The number of rotatable bonds is 7. The predicted octanol–water partition coefficient (Wildman–Crippen LogP) is 3.47. The van der Waals surface area contributed by atoms with E-state index in [1.807, 2.05) is 36.4 Å². The number of carbonyl (C=O) groups is 1. The number of imidazole rings is 1. The van der Waals surface area contributed by atoms with Gasteiger partial charge in [0.25, 0.3) is 0 Å². The fourth-order valence-corrected chi connectivity index (χ4v) is 5.06. The minimum atomic E-state index is -0.00929. The van der Waals surface area contributed by atoms with Crippen molar-refractivity contribution in [2.75, 3.05) is 54.5 Å². The number of aromatic amines is 1. The second-order valence-corrected chi connectivity index (χ2v) is 9.73. The number of ether oxygens (including phenoxy) is 1. The number of para-hydroxylation sites is 2. The Morgan fingerprint density at radius 3 is 2.45 bits per heavy atom. The van der Waals surface area contributed by atoms with Crippen LogP contribution >= 0.6 is 0 Å². The SMILES string of the molecule is O=C(NCc1nc2ccccc2[nH]1)C1CCN(c2ccc(Nc3ccc(N4CCOCC4)cc3)nn2)CC1. The van der Waals surface area contributed by atoms with Crippen molar-refractivity contribution >= 4 is 40.0 Å². The van der Waals surface area contributed by atoms with Crippen LogP contribution in [0.1, 0.15) is 18.7 Å². The summed E-state index contributed by atoms with van der Waals surface area (Å²) >= 11 is 0. The third-order valence-electron chi connectivity index (χ3n) is 7.22. The Labute approximate surface area is 221 Å². The summed E-state index contributed by atoms with van der Waals surface area (Å²) in [6.45, 7) is 5.34. The molecule has 2 fully saturated rings. The lowest BCUT2D eigenvalue weighted by Gasteiger charge is -2.31. The molecule has 0 bridgehead atoms. The van der Waals surface area contributed by atoms with Gasteiger partial charge in [0, 0.05) is 43.5 Å². The van der Waals surface area contributed by atoms with Crippen molar-refractivity contribution in [1.82, 2.24) is 25.5 Å². The van der Waals surface area contributed by atoms with E-state index in [0.717, 1.165) is 80.6 Å². The van der Waals surface area contributed by atoms with Crippen molar-refractivity contribution in [3.05, 3.63) is 66.5 Å². The van der Waals surface area contributed by atoms with Crippen LogP contribution in [0.2, 0.25) is 0 Å². The predicted molar refractivity (Wildman–Crippen MR) is 148 cm³/mol. The van der Waals surface area contributed by atoms with E-state index in [2.05, 4.69) is 64.9 Å². The number of amides is 1. The molecule has 1 amide bonds. The Morgan fingerprint density at radius 1 is 0.921 bits per heavy atom. The zero-order chi connectivity index (χ0) is 25.7. The van der Waals surface area contributed by atoms with Crippen molar-refractivity contribution < 1.29 is 9.53 Å². The van der Waals surface area contributed by atoms with Crippen LogP contribution in [0.15, 0.2) is 60.7 Å². The molecule has 10 nitrogen and oxygen atoms in total. The van der Waals surface area contributed by atoms with Crippen LogP contribution in [0.5, 0.6) is 0 Å². The summed E-state index contributed by atoms with van der Waals surface area (Å²) in [7, 11) is 0. The van der Waals surface area contributed by atoms with Crippen molar-refractivity contribution in [3.8, 4) is 0 Å². The van der Waals surface area contributed by atoms with Gasteiger partial charge >= 0.3 is 0 Å². The second kappa shape index (κ2) is 11.1. The monoisotopic (exact) mass is 512 g/mol. The van der Waals surface area contributed by atoms with E-state index in [4.69, 9.17) is 4.74 Å². The second-order valence-electron chi connectivity index (χ2n) is 9.73. The molecule has 0 aliphatic carbocycles. The Morgan fingerprint density at radius 2 is 1.71 bits per heavy atom. The summed E-state index contributed by atoms with van der Waals surface area (Å²) in [5.41, 5.74) is 4.06. The van der Waals surface area contributed by atoms with E-state index >= 15 is 0 Å². The maximum Gasteiger partial charge on any atom is 0.223 e. The number of aromatic nitrogens is 4. The number of morpholine rings is 1. The molecule has 0 radical (unpaired) electrons. The van der Waals surface area contributed by atoms with Gasteiger partial charge in [-0.1, -0.05) is 12.1 Å². The number of hydrogen-bond donors (Lipinski definition) is 3. The van der Waals surface area contributed by atoms with Gasteiger partial charge in [-0.2, -0.15) is 0 Å². The van der Waals surface area contributed by atoms with Crippen molar-refractivity contribution in [3.63, 3.8) is 0 Å². The van der Waals surface area contributed by atoms with Crippen LogP contribution in [-0.2, 0) is 16.1 Å². The zero-order valence-corrected chi connectivity index (χ0v) is 21.3. The van der Waals surface area contributed by atoms with Gasteiger partial charge in [0.05, 0.1) is 30.8 Å². The normalized spacial score (nSPS) is 16.5. The van der Waals surface area contributed by atoms with E-state index in [1.54, 1.807) is 0 Å². The molecule has 2 aliphatic rings. The van der Waals surface area contributed by atoms with Gasteiger partial charge in [-0.15, -0.1) is 10.2 Å². The third-order valence-corrected chi connectivity index (χ3v) is 7.22. The topological polar surface area (TPSA) is 111 Å². The average molecular weight is 513 g/mol. The Balaban J connectivity index is 0.972. The van der Waals surface area contributed by atoms with Gasteiger partial charge in [-0.05, 0) is 61.4 Å². The van der Waals surface area contributed by atoms with Crippen LogP contribution in [-0.4, -0.2) is 65.5 Å². The van der Waals surface area contributed by atoms with Crippen molar-refractivity contribution in [1.29, 1.82) is 0 Å². The Kier molecular flexibility index (Phi) is 7.03. The number of nitrogens with zero attached hydrogens (tertiary/aromatic N) is 5. The van der Waals surface area contributed by atoms with Crippen LogP contribution in [0, 0.1) is 5.92 Å². The first-order valence-corrected chi connectivity index (χ1v) is 13.2. The molecule has 0 saturated carbocycles. The highest BCUT2D eigenvalue weighted by molar-refractivity contribution is 5.79. The number of hydrogen-bond acceptors (Lipinski definition) is 8. The van der Waals surface area contributed by atoms with E-state index in [1.165, 1.54) is 5.69 Å². The number of benzene rings is 2. The van der Waals surface area contributed by atoms with Gasteiger partial charge in [-0.3, -0.25) is 4.79 Å². The zero-order valence-electron chi connectivity index (χ0n) is 21.3. The molecule has 6 rings (SSSR count). The molecule has 2 aromatic carbocycles. The van der Waals surface area contributed by atoms with E-state index in [0.29, 0.717) is 12.4 Å². The fraction of sp³-hybridized carbons (Fsp3) is 0.357. The van der Waals surface area contributed by atoms with Gasteiger partial charge in [0.15, 0.2) is 11.6 Å². The minimum absolute atomic E-state index is 0.00929. The summed E-state index contributed by atoms with van der Waals surface area (Å²) in [6, 6.07) is 20.2. The van der Waals surface area contributed by atoms with E-state index in [-0.39, 0.29) is 11.8 Å². The highest BCUT2D eigenvalue weighted by Gasteiger charge is 2.26. The Bertz CT molecular complexity index is 1320. The number of carbonyl (C=O) groups excluding carboxylic acids is 1. The first-order valence-electron chi connectivity index (χ1n) is 13.2. The largest absolute Gasteiger partial charge is 0.378 e. The lowest BCUT2D eigenvalue weighted by molar-refractivity contribution is -0.125. The average Bonchev–Trinajstić information content (AvgIpc) is 3.40. The maximum absolute atomic E-state index is 12.7. The fourth-order valence-electron chi connectivity index (χ4n) is 5.06. The van der Waals surface area contributed by atoms with Crippen LogP contribution in [0.3, 0.4) is 0 Å². The molecule has 4 heterocycles. The van der Waals surface area contributed by atoms with Crippen LogP contribution < -0.4 is 20.4 Å². The van der Waals surface area contributed by atoms with E-state index in [9.17, 15) is 4.79 Å². The van der Waals surface area contributed by atoms with Gasteiger partial charge in [-0.25, -0.2) is 4.98 Å². The summed E-state index contributed by atoms with van der Waals surface area (Å²) in [6.07, 6.45) is 1.56. The molecule has 2 aliphatic heterocycles. The Hall–Kier alpha value is -4.18. The molecule has 0 spiro atoms. The molecule has 3 N–H and O–H groups in total. The van der Waals surface area contributed by atoms with Crippen molar-refractivity contribution in [2.45, 2.75) is 19.4 Å². The highest BCUT2D eigenvalue weighted by atomic mass is 16.5. The summed E-state index contributed by atoms with van der Waals surface area (Å²) in [4.78, 5) is 25.1. The molecular formula is C28H32N8O2.